The van der Waals surface area contributed by atoms with Gasteiger partial charge in [-0.3, -0.25) is 4.79 Å². The molecule has 0 aliphatic heterocycles. The topological polar surface area (TPSA) is 71.3 Å². The van der Waals surface area contributed by atoms with Crippen LogP contribution in [0.1, 0.15) is 18.1 Å². The fourth-order valence-electron chi connectivity index (χ4n) is 2.43. The van der Waals surface area contributed by atoms with Gasteiger partial charge >= 0.3 is 0 Å². The molecule has 0 saturated heterocycles. The number of nitrogens with one attached hydrogen (secondary N) is 1. The number of nitrogens with zero attached hydrogens (tertiary/aromatic N) is 1. The Morgan fingerprint density at radius 3 is 2.62 bits per heavy atom. The Kier molecular flexibility index (Phi) is 7.26. The summed E-state index contributed by atoms with van der Waals surface area (Å²) in [7, 11) is 1.56. The van der Waals surface area contributed by atoms with Gasteiger partial charge in [0.1, 0.15) is 11.6 Å². The first-order chi connectivity index (χ1) is 12.7. The molecule has 0 aliphatic rings. The van der Waals surface area contributed by atoms with E-state index in [0.29, 0.717) is 36.6 Å². The fraction of sp³-hybridized carbons (Fsp3) is 0.238. The van der Waals surface area contributed by atoms with E-state index in [-0.39, 0.29) is 5.57 Å². The molecule has 0 heterocycles. The number of nitriles is 1. The monoisotopic (exact) mass is 350 g/mol. The third-order valence-electron chi connectivity index (χ3n) is 3.71. The minimum atomic E-state index is -0.391. The Morgan fingerprint density at radius 1 is 1.19 bits per heavy atom. The van der Waals surface area contributed by atoms with Gasteiger partial charge in [0.25, 0.3) is 5.91 Å². The highest BCUT2D eigenvalue weighted by atomic mass is 16.5. The molecule has 0 saturated carbocycles. The minimum Gasteiger partial charge on any atom is -0.493 e. The zero-order valence-electron chi connectivity index (χ0n) is 15.0. The molecule has 0 atom stereocenters. The van der Waals surface area contributed by atoms with E-state index in [4.69, 9.17) is 9.47 Å². The number of ether oxygens (including phenoxy) is 2. The van der Waals surface area contributed by atoms with E-state index < -0.39 is 5.91 Å². The highest BCUT2D eigenvalue weighted by molar-refractivity contribution is 6.01. The molecule has 0 spiro atoms. The molecule has 2 aromatic carbocycles. The molecule has 0 radical (unpaired) electrons. The Morgan fingerprint density at radius 2 is 1.96 bits per heavy atom. The number of carbonyl (C=O) groups excluding carboxylic acids is 1. The summed E-state index contributed by atoms with van der Waals surface area (Å²) >= 11 is 0. The van der Waals surface area contributed by atoms with Crippen molar-refractivity contribution in [3.8, 4) is 17.6 Å². The fourth-order valence-corrected chi connectivity index (χ4v) is 2.43. The molecule has 0 aromatic heterocycles. The highest BCUT2D eigenvalue weighted by Crippen LogP contribution is 2.28. The van der Waals surface area contributed by atoms with Crippen molar-refractivity contribution in [2.45, 2.75) is 13.3 Å². The van der Waals surface area contributed by atoms with Crippen molar-refractivity contribution in [1.29, 1.82) is 5.26 Å². The first-order valence-electron chi connectivity index (χ1n) is 8.42. The number of amides is 1. The third-order valence-corrected chi connectivity index (χ3v) is 3.71. The van der Waals surface area contributed by atoms with Gasteiger partial charge in [0.05, 0.1) is 13.7 Å². The largest absolute Gasteiger partial charge is 0.493 e. The van der Waals surface area contributed by atoms with Gasteiger partial charge in [0.2, 0.25) is 0 Å². The molecule has 5 nitrogen and oxygen atoms in total. The quantitative estimate of drug-likeness (QED) is 0.585. The third kappa shape index (κ3) is 5.38. The lowest BCUT2D eigenvalue weighted by Gasteiger charge is -2.10. The Labute approximate surface area is 153 Å². The molecule has 0 unspecified atom stereocenters. The van der Waals surface area contributed by atoms with E-state index in [9.17, 15) is 10.1 Å². The second-order valence-corrected chi connectivity index (χ2v) is 5.50. The number of hydrogen-bond acceptors (Lipinski definition) is 4. The van der Waals surface area contributed by atoms with Crippen molar-refractivity contribution in [2.75, 3.05) is 20.3 Å². The van der Waals surface area contributed by atoms with Gasteiger partial charge in [0.15, 0.2) is 11.5 Å². The summed E-state index contributed by atoms with van der Waals surface area (Å²) in [5.41, 5.74) is 1.88. The molecule has 2 rings (SSSR count). The summed E-state index contributed by atoms with van der Waals surface area (Å²) in [6.07, 6.45) is 2.25. The summed E-state index contributed by atoms with van der Waals surface area (Å²) in [5, 5.41) is 12.1. The van der Waals surface area contributed by atoms with Crippen LogP contribution in [0.4, 0.5) is 0 Å². The van der Waals surface area contributed by atoms with E-state index in [0.717, 1.165) is 5.56 Å². The van der Waals surface area contributed by atoms with E-state index in [1.807, 2.05) is 43.3 Å². The van der Waals surface area contributed by atoms with Crippen LogP contribution >= 0.6 is 0 Å². The lowest BCUT2D eigenvalue weighted by molar-refractivity contribution is -0.117. The zero-order chi connectivity index (χ0) is 18.8. The lowest BCUT2D eigenvalue weighted by atomic mass is 10.1. The van der Waals surface area contributed by atoms with Crippen molar-refractivity contribution in [3.63, 3.8) is 0 Å². The molecule has 26 heavy (non-hydrogen) atoms. The van der Waals surface area contributed by atoms with Crippen LogP contribution in [-0.2, 0) is 11.2 Å². The predicted molar refractivity (Wildman–Crippen MR) is 101 cm³/mol. The number of methoxy groups -OCH3 is 1. The first-order valence-corrected chi connectivity index (χ1v) is 8.42. The summed E-state index contributed by atoms with van der Waals surface area (Å²) in [5.74, 6) is 0.789. The second-order valence-electron chi connectivity index (χ2n) is 5.50. The molecule has 0 fully saturated rings. The molecule has 0 aliphatic carbocycles. The molecule has 1 amide bonds. The van der Waals surface area contributed by atoms with Crippen molar-refractivity contribution >= 4 is 12.0 Å². The van der Waals surface area contributed by atoms with Crippen molar-refractivity contribution in [2.24, 2.45) is 0 Å². The minimum absolute atomic E-state index is 0.0469. The number of hydrogen-bond donors (Lipinski definition) is 1. The predicted octanol–water partition coefficient (Wildman–Crippen LogP) is 3.36. The maximum atomic E-state index is 12.2. The van der Waals surface area contributed by atoms with Gasteiger partial charge in [-0.15, -0.1) is 0 Å². The second kappa shape index (κ2) is 9.90. The van der Waals surface area contributed by atoms with E-state index >= 15 is 0 Å². The summed E-state index contributed by atoms with van der Waals surface area (Å²) in [6, 6.07) is 17.1. The number of benzene rings is 2. The molecule has 5 heteroatoms. The first kappa shape index (κ1) is 19.1. The summed E-state index contributed by atoms with van der Waals surface area (Å²) < 4.78 is 10.8. The van der Waals surface area contributed by atoms with Crippen molar-refractivity contribution in [1.82, 2.24) is 5.32 Å². The Balaban J connectivity index is 2.05. The van der Waals surface area contributed by atoms with Gasteiger partial charge in [-0.2, -0.15) is 5.26 Å². The number of rotatable bonds is 8. The zero-order valence-corrected chi connectivity index (χ0v) is 15.0. The molecular formula is C21H22N2O3. The van der Waals surface area contributed by atoms with Crippen LogP contribution in [0.25, 0.3) is 6.08 Å². The van der Waals surface area contributed by atoms with Crippen LogP contribution in [0, 0.1) is 11.3 Å². The Bertz CT molecular complexity index is 808. The van der Waals surface area contributed by atoms with Crippen molar-refractivity contribution in [3.05, 3.63) is 65.2 Å². The van der Waals surface area contributed by atoms with Crippen LogP contribution in [0.5, 0.6) is 11.5 Å². The van der Waals surface area contributed by atoms with Crippen LogP contribution in [0.15, 0.2) is 54.1 Å². The summed E-state index contributed by atoms with van der Waals surface area (Å²) in [4.78, 5) is 12.2. The summed E-state index contributed by atoms with van der Waals surface area (Å²) in [6.45, 7) is 2.84. The smallest absolute Gasteiger partial charge is 0.261 e. The number of carbonyl (C=O) groups is 1. The normalized spacial score (nSPS) is 10.7. The average molecular weight is 350 g/mol. The molecule has 134 valence electrons. The molecule has 2 aromatic rings. The van der Waals surface area contributed by atoms with Gasteiger partial charge < -0.3 is 14.8 Å². The Hall–Kier alpha value is -3.26. The SMILES string of the molecule is CCOc1cc(/C=C(\C#N)C(=O)NCCc2ccccc2)ccc1OC. The standard InChI is InChI=1S/C21H22N2O3/c1-3-26-20-14-17(9-10-19(20)25-2)13-18(15-22)21(24)23-12-11-16-7-5-4-6-8-16/h4-10,13-14H,3,11-12H2,1-2H3,(H,23,24)/b18-13+. The van der Waals surface area contributed by atoms with Crippen LogP contribution < -0.4 is 14.8 Å². The maximum absolute atomic E-state index is 12.2. The van der Waals surface area contributed by atoms with Crippen LogP contribution in [0.3, 0.4) is 0 Å². The molecule has 1 N–H and O–H groups in total. The van der Waals surface area contributed by atoms with Gasteiger partial charge in [0, 0.05) is 6.54 Å². The van der Waals surface area contributed by atoms with Crippen LogP contribution in [-0.4, -0.2) is 26.2 Å². The van der Waals surface area contributed by atoms with Crippen molar-refractivity contribution < 1.29 is 14.3 Å². The van der Waals surface area contributed by atoms with Gasteiger partial charge in [-0.1, -0.05) is 36.4 Å². The lowest BCUT2D eigenvalue weighted by Crippen LogP contribution is -2.26. The highest BCUT2D eigenvalue weighted by Gasteiger charge is 2.10. The average Bonchev–Trinajstić information content (AvgIpc) is 2.67. The van der Waals surface area contributed by atoms with E-state index in [1.54, 1.807) is 31.4 Å². The van der Waals surface area contributed by atoms with Crippen LogP contribution in [0.2, 0.25) is 0 Å². The molecular weight excluding hydrogens is 328 g/mol. The van der Waals surface area contributed by atoms with E-state index in [2.05, 4.69) is 5.32 Å². The maximum Gasteiger partial charge on any atom is 0.261 e. The van der Waals surface area contributed by atoms with Gasteiger partial charge in [-0.25, -0.2) is 0 Å². The van der Waals surface area contributed by atoms with Gasteiger partial charge in [-0.05, 0) is 42.7 Å². The van der Waals surface area contributed by atoms with E-state index in [1.165, 1.54) is 0 Å². The molecule has 0 bridgehead atoms.